The van der Waals surface area contributed by atoms with Crippen LogP contribution in [0.15, 0.2) is 36.5 Å². The second-order valence-corrected chi connectivity index (χ2v) is 6.82. The van der Waals surface area contributed by atoms with Gasteiger partial charge in [0.1, 0.15) is 0 Å². The summed E-state index contributed by atoms with van der Waals surface area (Å²) in [5.41, 5.74) is 2.84. The number of hydrogen-bond donors (Lipinski definition) is 3. The predicted octanol–water partition coefficient (Wildman–Crippen LogP) is 1.66. The molecule has 0 atom stereocenters. The van der Waals surface area contributed by atoms with E-state index in [4.69, 9.17) is 0 Å². The van der Waals surface area contributed by atoms with Gasteiger partial charge in [0.05, 0.1) is 5.69 Å². The van der Waals surface area contributed by atoms with Crippen LogP contribution < -0.4 is 9.44 Å². The van der Waals surface area contributed by atoms with Crippen molar-refractivity contribution in [3.05, 3.63) is 42.1 Å². The zero-order valence-electron chi connectivity index (χ0n) is 12.1. The van der Waals surface area contributed by atoms with E-state index in [1.807, 2.05) is 44.2 Å². The number of aromatic nitrogens is 2. The molecule has 0 bridgehead atoms. The minimum Gasteiger partial charge on any atom is -0.278 e. The van der Waals surface area contributed by atoms with E-state index in [0.717, 1.165) is 16.8 Å². The zero-order valence-corrected chi connectivity index (χ0v) is 12.9. The van der Waals surface area contributed by atoms with Crippen LogP contribution in [0, 0.1) is 5.92 Å². The van der Waals surface area contributed by atoms with Gasteiger partial charge in [0.25, 0.3) is 10.2 Å². The number of H-pyrrole nitrogens is 1. The lowest BCUT2D eigenvalue weighted by molar-refractivity contribution is 0.547. The molecule has 2 rings (SSSR count). The standard InChI is InChI=1S/C14H20N4O2S/c1-11(2)9-16-21(19,20)17-10-12-3-5-13(6-4-12)14-7-8-15-18-14/h3-8,11,16-17H,9-10H2,1-2H3,(H,15,18). The Bertz CT molecular complexity index is 649. The third-order valence-electron chi connectivity index (χ3n) is 2.91. The monoisotopic (exact) mass is 308 g/mol. The molecule has 1 heterocycles. The predicted molar refractivity (Wildman–Crippen MR) is 82.6 cm³/mol. The summed E-state index contributed by atoms with van der Waals surface area (Å²) < 4.78 is 28.5. The smallest absolute Gasteiger partial charge is 0.277 e. The summed E-state index contributed by atoms with van der Waals surface area (Å²) in [6.45, 7) is 4.60. The molecule has 0 aliphatic carbocycles. The third-order valence-corrected chi connectivity index (χ3v) is 3.98. The highest BCUT2D eigenvalue weighted by Gasteiger charge is 2.09. The number of aromatic amines is 1. The van der Waals surface area contributed by atoms with Gasteiger partial charge in [-0.1, -0.05) is 38.1 Å². The molecule has 0 aliphatic rings. The molecule has 0 aliphatic heterocycles. The van der Waals surface area contributed by atoms with Crippen LogP contribution in [-0.4, -0.2) is 25.2 Å². The van der Waals surface area contributed by atoms with E-state index in [0.29, 0.717) is 6.54 Å². The molecule has 1 aromatic carbocycles. The van der Waals surface area contributed by atoms with Gasteiger partial charge in [-0.05, 0) is 23.1 Å². The van der Waals surface area contributed by atoms with Crippen LogP contribution in [0.25, 0.3) is 11.3 Å². The molecule has 0 radical (unpaired) electrons. The Hall–Kier alpha value is -1.70. The first-order valence-electron chi connectivity index (χ1n) is 6.79. The highest BCUT2D eigenvalue weighted by Crippen LogP contribution is 2.16. The van der Waals surface area contributed by atoms with Crippen molar-refractivity contribution in [3.8, 4) is 11.3 Å². The Labute approximate surface area is 125 Å². The van der Waals surface area contributed by atoms with Crippen molar-refractivity contribution in [2.24, 2.45) is 5.92 Å². The average Bonchev–Trinajstić information content (AvgIpc) is 2.98. The number of rotatable bonds is 7. The highest BCUT2D eigenvalue weighted by atomic mass is 32.2. The van der Waals surface area contributed by atoms with Gasteiger partial charge in [0.15, 0.2) is 0 Å². The summed E-state index contributed by atoms with van der Waals surface area (Å²) in [6.07, 6.45) is 1.69. The van der Waals surface area contributed by atoms with Gasteiger partial charge in [-0.25, -0.2) is 4.72 Å². The third kappa shape index (κ3) is 4.96. The summed E-state index contributed by atoms with van der Waals surface area (Å²) >= 11 is 0. The van der Waals surface area contributed by atoms with Crippen molar-refractivity contribution in [3.63, 3.8) is 0 Å². The second kappa shape index (κ2) is 6.84. The molecule has 114 valence electrons. The van der Waals surface area contributed by atoms with Crippen molar-refractivity contribution in [1.29, 1.82) is 0 Å². The van der Waals surface area contributed by atoms with Crippen LogP contribution in [0.3, 0.4) is 0 Å². The molecular weight excluding hydrogens is 288 g/mol. The highest BCUT2D eigenvalue weighted by molar-refractivity contribution is 7.87. The van der Waals surface area contributed by atoms with Crippen molar-refractivity contribution < 1.29 is 8.42 Å². The number of nitrogens with one attached hydrogen (secondary N) is 3. The summed E-state index contributed by atoms with van der Waals surface area (Å²) in [5, 5.41) is 6.78. The molecule has 0 saturated carbocycles. The number of benzene rings is 1. The van der Waals surface area contributed by atoms with E-state index in [9.17, 15) is 8.42 Å². The lowest BCUT2D eigenvalue weighted by Gasteiger charge is -2.10. The quantitative estimate of drug-likeness (QED) is 0.727. The minimum absolute atomic E-state index is 0.261. The van der Waals surface area contributed by atoms with Gasteiger partial charge in [0.2, 0.25) is 0 Å². The Morgan fingerprint density at radius 3 is 2.43 bits per heavy atom. The molecule has 2 aromatic rings. The Morgan fingerprint density at radius 2 is 1.86 bits per heavy atom. The maximum atomic E-state index is 11.7. The van der Waals surface area contributed by atoms with Crippen LogP contribution >= 0.6 is 0 Å². The molecule has 1 aromatic heterocycles. The van der Waals surface area contributed by atoms with Crippen LogP contribution in [0.2, 0.25) is 0 Å². The average molecular weight is 308 g/mol. The Balaban J connectivity index is 1.92. The molecule has 21 heavy (non-hydrogen) atoms. The van der Waals surface area contributed by atoms with E-state index < -0.39 is 10.2 Å². The first-order valence-corrected chi connectivity index (χ1v) is 8.27. The van der Waals surface area contributed by atoms with Crippen LogP contribution in [0.1, 0.15) is 19.4 Å². The van der Waals surface area contributed by atoms with Gasteiger partial charge in [0, 0.05) is 19.3 Å². The first kappa shape index (κ1) is 15.7. The summed E-state index contributed by atoms with van der Waals surface area (Å²) in [6, 6.07) is 9.52. The number of nitrogens with zero attached hydrogens (tertiary/aromatic N) is 1. The Kier molecular flexibility index (Phi) is 5.11. The summed E-state index contributed by atoms with van der Waals surface area (Å²) in [7, 11) is -3.44. The molecule has 3 N–H and O–H groups in total. The fraction of sp³-hybridized carbons (Fsp3) is 0.357. The fourth-order valence-electron chi connectivity index (χ4n) is 1.72. The van der Waals surface area contributed by atoms with Crippen LogP contribution in [-0.2, 0) is 16.8 Å². The van der Waals surface area contributed by atoms with Gasteiger partial charge >= 0.3 is 0 Å². The summed E-state index contributed by atoms with van der Waals surface area (Å²) in [5.74, 6) is 0.273. The zero-order chi connectivity index (χ0) is 15.3. The molecule has 0 amide bonds. The lowest BCUT2D eigenvalue weighted by atomic mass is 10.1. The Morgan fingerprint density at radius 1 is 1.14 bits per heavy atom. The second-order valence-electron chi connectivity index (χ2n) is 5.23. The van der Waals surface area contributed by atoms with Crippen molar-refractivity contribution in [2.75, 3.05) is 6.54 Å². The molecular formula is C14H20N4O2S. The largest absolute Gasteiger partial charge is 0.278 e. The molecule has 0 spiro atoms. The minimum atomic E-state index is -3.44. The van der Waals surface area contributed by atoms with E-state index >= 15 is 0 Å². The topological polar surface area (TPSA) is 86.9 Å². The van der Waals surface area contributed by atoms with E-state index in [2.05, 4.69) is 19.6 Å². The van der Waals surface area contributed by atoms with E-state index in [1.165, 1.54) is 0 Å². The van der Waals surface area contributed by atoms with Gasteiger partial charge < -0.3 is 0 Å². The molecule has 0 fully saturated rings. The van der Waals surface area contributed by atoms with Crippen molar-refractivity contribution in [1.82, 2.24) is 19.6 Å². The van der Waals surface area contributed by atoms with Crippen LogP contribution in [0.5, 0.6) is 0 Å². The normalized spacial score (nSPS) is 12.0. The maximum Gasteiger partial charge on any atom is 0.277 e. The first-order chi connectivity index (χ1) is 9.96. The van der Waals surface area contributed by atoms with E-state index in [1.54, 1.807) is 6.20 Å². The fourth-order valence-corrected chi connectivity index (χ4v) is 2.74. The van der Waals surface area contributed by atoms with Crippen molar-refractivity contribution in [2.45, 2.75) is 20.4 Å². The number of hydrogen-bond acceptors (Lipinski definition) is 3. The van der Waals surface area contributed by atoms with E-state index in [-0.39, 0.29) is 12.5 Å². The van der Waals surface area contributed by atoms with Crippen molar-refractivity contribution >= 4 is 10.2 Å². The van der Waals surface area contributed by atoms with Gasteiger partial charge in [-0.15, -0.1) is 0 Å². The van der Waals surface area contributed by atoms with Gasteiger partial charge in [-0.2, -0.15) is 18.2 Å². The summed E-state index contributed by atoms with van der Waals surface area (Å²) in [4.78, 5) is 0. The molecule has 0 saturated heterocycles. The van der Waals surface area contributed by atoms with Crippen LogP contribution in [0.4, 0.5) is 0 Å². The SMILES string of the molecule is CC(C)CNS(=O)(=O)NCc1ccc(-c2ccn[nH]2)cc1. The lowest BCUT2D eigenvalue weighted by Crippen LogP contribution is -2.37. The molecule has 7 heteroatoms. The molecule has 6 nitrogen and oxygen atoms in total. The molecule has 0 unspecified atom stereocenters. The maximum absolute atomic E-state index is 11.7. The van der Waals surface area contributed by atoms with Gasteiger partial charge in [-0.3, -0.25) is 5.10 Å².